The van der Waals surface area contributed by atoms with Crippen LogP contribution in [0.15, 0.2) is 48.5 Å². The maximum absolute atomic E-state index is 13.1. The minimum Gasteiger partial charge on any atom is -0.494 e. The van der Waals surface area contributed by atoms with E-state index in [1.165, 1.54) is 0 Å². The topological polar surface area (TPSA) is 68.6 Å². The van der Waals surface area contributed by atoms with Crippen LogP contribution in [0.5, 0.6) is 5.75 Å². The predicted molar refractivity (Wildman–Crippen MR) is 116 cm³/mol. The van der Waals surface area contributed by atoms with Gasteiger partial charge in [0.1, 0.15) is 11.3 Å². The number of fused-ring (bicyclic) bond motifs is 1. The molecule has 7 nitrogen and oxygen atoms in total. The van der Waals surface area contributed by atoms with Crippen molar-refractivity contribution in [3.63, 3.8) is 0 Å². The van der Waals surface area contributed by atoms with Gasteiger partial charge in [0.15, 0.2) is 5.69 Å². The molecule has 4 rings (SSSR count). The zero-order chi connectivity index (χ0) is 20.9. The first-order chi connectivity index (χ1) is 14.7. The van der Waals surface area contributed by atoms with Crippen LogP contribution in [0.1, 0.15) is 29.0 Å². The van der Waals surface area contributed by atoms with Crippen LogP contribution in [-0.4, -0.2) is 60.5 Å². The van der Waals surface area contributed by atoms with Crippen LogP contribution in [0.25, 0.3) is 10.9 Å². The molecule has 0 bridgehead atoms. The second kappa shape index (κ2) is 9.28. The highest BCUT2D eigenvalue weighted by atomic mass is 16.5. The number of aromatic nitrogens is 2. The van der Waals surface area contributed by atoms with Gasteiger partial charge in [0.05, 0.1) is 32.9 Å². The third-order valence-corrected chi connectivity index (χ3v) is 5.55. The molecule has 1 aromatic heterocycles. The van der Waals surface area contributed by atoms with Crippen LogP contribution < -0.4 is 10.1 Å². The number of amides is 1. The molecule has 1 aliphatic rings. The number of carbonyl (C=O) groups is 1. The zero-order valence-corrected chi connectivity index (χ0v) is 17.5. The average Bonchev–Trinajstić information content (AvgIpc) is 3.18. The average molecular weight is 409 g/mol. The highest BCUT2D eigenvalue weighted by Gasteiger charge is 2.22. The van der Waals surface area contributed by atoms with E-state index in [1.807, 2.05) is 60.1 Å². The second-order valence-electron chi connectivity index (χ2n) is 7.49. The summed E-state index contributed by atoms with van der Waals surface area (Å²) in [5.74, 6) is 0.534. The maximum Gasteiger partial charge on any atom is 0.272 e. The molecule has 1 atom stereocenters. The lowest BCUT2D eigenvalue weighted by Crippen LogP contribution is -2.38. The van der Waals surface area contributed by atoms with E-state index >= 15 is 0 Å². The SMILES string of the molecule is COc1cccc2c(C(=O)NC(C)c3ccccc3)nn(CCN3CCOCC3)c12. The van der Waals surface area contributed by atoms with Crippen molar-refractivity contribution in [2.45, 2.75) is 19.5 Å². The number of para-hydroxylation sites is 1. The summed E-state index contributed by atoms with van der Waals surface area (Å²) in [5.41, 5.74) is 2.33. The van der Waals surface area contributed by atoms with E-state index in [1.54, 1.807) is 7.11 Å². The van der Waals surface area contributed by atoms with Crippen molar-refractivity contribution < 1.29 is 14.3 Å². The minimum absolute atomic E-state index is 0.113. The van der Waals surface area contributed by atoms with Gasteiger partial charge in [-0.2, -0.15) is 5.10 Å². The van der Waals surface area contributed by atoms with Gasteiger partial charge in [0.2, 0.25) is 0 Å². The maximum atomic E-state index is 13.1. The first-order valence-corrected chi connectivity index (χ1v) is 10.4. The van der Waals surface area contributed by atoms with Gasteiger partial charge in [-0.1, -0.05) is 42.5 Å². The Kier molecular flexibility index (Phi) is 6.30. The minimum atomic E-state index is -0.185. The molecule has 1 amide bonds. The first-order valence-electron chi connectivity index (χ1n) is 10.4. The summed E-state index contributed by atoms with van der Waals surface area (Å²) < 4.78 is 12.9. The molecule has 1 N–H and O–H groups in total. The van der Waals surface area contributed by atoms with Crippen molar-refractivity contribution in [3.05, 3.63) is 59.8 Å². The highest BCUT2D eigenvalue weighted by molar-refractivity contribution is 6.06. The van der Waals surface area contributed by atoms with Gasteiger partial charge in [-0.25, -0.2) is 0 Å². The standard InChI is InChI=1S/C23H28N4O3/c1-17(18-7-4-3-5-8-18)24-23(28)21-19-9-6-10-20(29-2)22(19)27(25-21)12-11-26-13-15-30-16-14-26/h3-10,17H,11-16H2,1-2H3,(H,24,28). The summed E-state index contributed by atoms with van der Waals surface area (Å²) in [4.78, 5) is 15.5. The van der Waals surface area contributed by atoms with Gasteiger partial charge in [-0.05, 0) is 18.6 Å². The summed E-state index contributed by atoms with van der Waals surface area (Å²) in [6.07, 6.45) is 0. The molecule has 1 fully saturated rings. The summed E-state index contributed by atoms with van der Waals surface area (Å²) in [6.45, 7) is 6.85. The summed E-state index contributed by atoms with van der Waals surface area (Å²) in [6, 6.07) is 15.5. The number of nitrogens with one attached hydrogen (secondary N) is 1. The lowest BCUT2D eigenvalue weighted by Gasteiger charge is -2.26. The fraction of sp³-hybridized carbons (Fsp3) is 0.391. The van der Waals surface area contributed by atoms with Gasteiger partial charge in [0, 0.05) is 25.0 Å². The first kappa shape index (κ1) is 20.4. The number of carbonyl (C=O) groups excluding carboxylic acids is 1. The number of morpholine rings is 1. The van der Waals surface area contributed by atoms with E-state index in [0.29, 0.717) is 12.2 Å². The number of nitrogens with zero attached hydrogens (tertiary/aromatic N) is 3. The van der Waals surface area contributed by atoms with Crippen molar-refractivity contribution in [1.29, 1.82) is 0 Å². The van der Waals surface area contributed by atoms with E-state index in [2.05, 4.69) is 10.2 Å². The fourth-order valence-electron chi connectivity index (χ4n) is 3.85. The molecule has 2 aromatic carbocycles. The van der Waals surface area contributed by atoms with Gasteiger partial charge in [0.25, 0.3) is 5.91 Å². The Morgan fingerprint density at radius 2 is 1.90 bits per heavy atom. The number of hydrogen-bond acceptors (Lipinski definition) is 5. The molecule has 2 heterocycles. The van der Waals surface area contributed by atoms with E-state index in [0.717, 1.165) is 55.1 Å². The summed E-state index contributed by atoms with van der Waals surface area (Å²) >= 11 is 0. The number of benzene rings is 2. The number of hydrogen-bond donors (Lipinski definition) is 1. The van der Waals surface area contributed by atoms with Gasteiger partial charge in [-0.3, -0.25) is 14.4 Å². The Hall–Kier alpha value is -2.90. The Morgan fingerprint density at radius 1 is 1.13 bits per heavy atom. The smallest absolute Gasteiger partial charge is 0.272 e. The van der Waals surface area contributed by atoms with Crippen LogP contribution in [0.2, 0.25) is 0 Å². The normalized spacial score (nSPS) is 15.8. The lowest BCUT2D eigenvalue weighted by atomic mass is 10.1. The van der Waals surface area contributed by atoms with Gasteiger partial charge in [-0.15, -0.1) is 0 Å². The van der Waals surface area contributed by atoms with Crippen molar-refractivity contribution in [1.82, 2.24) is 20.0 Å². The molecule has 0 radical (unpaired) electrons. The molecular formula is C23H28N4O3. The van der Waals surface area contributed by atoms with Crippen molar-refractivity contribution in [2.75, 3.05) is 40.0 Å². The van der Waals surface area contributed by atoms with Gasteiger partial charge < -0.3 is 14.8 Å². The Labute approximate surface area is 176 Å². The van der Waals surface area contributed by atoms with Crippen LogP contribution >= 0.6 is 0 Å². The lowest BCUT2D eigenvalue weighted by molar-refractivity contribution is 0.0361. The summed E-state index contributed by atoms with van der Waals surface area (Å²) in [7, 11) is 1.64. The van der Waals surface area contributed by atoms with E-state index in [-0.39, 0.29) is 11.9 Å². The van der Waals surface area contributed by atoms with Crippen LogP contribution in [0.4, 0.5) is 0 Å². The largest absolute Gasteiger partial charge is 0.494 e. The zero-order valence-electron chi connectivity index (χ0n) is 17.5. The summed E-state index contributed by atoms with van der Waals surface area (Å²) in [5, 5.41) is 8.57. The number of methoxy groups -OCH3 is 1. The number of ether oxygens (including phenoxy) is 2. The van der Waals surface area contributed by atoms with Crippen molar-refractivity contribution in [3.8, 4) is 5.75 Å². The molecule has 158 valence electrons. The molecule has 0 spiro atoms. The van der Waals surface area contributed by atoms with E-state index < -0.39 is 0 Å². The molecule has 1 aliphatic heterocycles. The van der Waals surface area contributed by atoms with Crippen molar-refractivity contribution >= 4 is 16.8 Å². The van der Waals surface area contributed by atoms with Gasteiger partial charge >= 0.3 is 0 Å². The molecular weight excluding hydrogens is 380 g/mol. The second-order valence-corrected chi connectivity index (χ2v) is 7.49. The molecule has 30 heavy (non-hydrogen) atoms. The Bertz CT molecular complexity index is 996. The number of rotatable bonds is 7. The molecule has 0 saturated carbocycles. The predicted octanol–water partition coefficient (Wildman–Crippen LogP) is 2.87. The third kappa shape index (κ3) is 4.32. The third-order valence-electron chi connectivity index (χ3n) is 5.55. The van der Waals surface area contributed by atoms with Crippen LogP contribution in [0.3, 0.4) is 0 Å². The van der Waals surface area contributed by atoms with Crippen LogP contribution in [0, 0.1) is 0 Å². The molecule has 0 aliphatic carbocycles. The Morgan fingerprint density at radius 3 is 2.63 bits per heavy atom. The van der Waals surface area contributed by atoms with E-state index in [9.17, 15) is 4.79 Å². The molecule has 1 unspecified atom stereocenters. The highest BCUT2D eigenvalue weighted by Crippen LogP contribution is 2.28. The van der Waals surface area contributed by atoms with E-state index in [4.69, 9.17) is 14.6 Å². The Balaban J connectivity index is 1.60. The molecule has 7 heteroatoms. The quantitative estimate of drug-likeness (QED) is 0.651. The fourth-order valence-corrected chi connectivity index (χ4v) is 3.85. The van der Waals surface area contributed by atoms with Crippen LogP contribution in [-0.2, 0) is 11.3 Å². The molecule has 1 saturated heterocycles. The molecule has 3 aromatic rings. The van der Waals surface area contributed by atoms with Crippen molar-refractivity contribution in [2.24, 2.45) is 0 Å². The monoisotopic (exact) mass is 408 g/mol.